The monoisotopic (exact) mass is 248 g/mol. The van der Waals surface area contributed by atoms with Crippen molar-refractivity contribution < 1.29 is 0 Å². The van der Waals surface area contributed by atoms with Gasteiger partial charge >= 0.3 is 0 Å². The highest BCUT2D eigenvalue weighted by atomic mass is 15.1. The molecule has 0 saturated heterocycles. The normalized spacial score (nSPS) is 28.1. The SMILES string of the molecule is Cc1nc(N)c(C)c(NC2CCC(C)CC2C)n1. The first-order valence-electron chi connectivity index (χ1n) is 6.84. The Labute approximate surface area is 109 Å². The number of nitrogen functional groups attached to an aromatic ring is 1. The number of nitrogens with one attached hydrogen (secondary N) is 1. The average molecular weight is 248 g/mol. The van der Waals surface area contributed by atoms with Crippen LogP contribution in [0.2, 0.25) is 0 Å². The summed E-state index contributed by atoms with van der Waals surface area (Å²) in [5.74, 6) is 3.76. The number of hydrogen-bond acceptors (Lipinski definition) is 4. The minimum atomic E-state index is 0.508. The number of nitrogens with zero attached hydrogens (tertiary/aromatic N) is 2. The topological polar surface area (TPSA) is 63.8 Å². The molecule has 1 aliphatic rings. The van der Waals surface area contributed by atoms with Crippen molar-refractivity contribution in [2.24, 2.45) is 11.8 Å². The predicted molar refractivity (Wildman–Crippen MR) is 75.5 cm³/mol. The van der Waals surface area contributed by atoms with Crippen LogP contribution in [0.5, 0.6) is 0 Å². The van der Waals surface area contributed by atoms with Crippen LogP contribution >= 0.6 is 0 Å². The Bertz CT molecular complexity index is 430. The summed E-state index contributed by atoms with van der Waals surface area (Å²) in [6.45, 7) is 8.52. The summed E-state index contributed by atoms with van der Waals surface area (Å²) in [6.07, 6.45) is 3.79. The van der Waals surface area contributed by atoms with Gasteiger partial charge in [0.1, 0.15) is 17.5 Å². The Kier molecular flexibility index (Phi) is 3.73. The minimum Gasteiger partial charge on any atom is -0.383 e. The van der Waals surface area contributed by atoms with Crippen molar-refractivity contribution >= 4 is 11.6 Å². The molecule has 0 aliphatic heterocycles. The van der Waals surface area contributed by atoms with Crippen molar-refractivity contribution in [3.05, 3.63) is 11.4 Å². The standard InChI is InChI=1S/C14H24N4/c1-8-5-6-12(9(2)7-8)18-14-10(3)13(15)16-11(4)17-14/h8-9,12H,5-7H2,1-4H3,(H3,15,16,17,18). The fourth-order valence-corrected chi connectivity index (χ4v) is 2.85. The molecule has 4 heteroatoms. The van der Waals surface area contributed by atoms with E-state index >= 15 is 0 Å². The third kappa shape index (κ3) is 2.74. The summed E-state index contributed by atoms with van der Waals surface area (Å²) in [5.41, 5.74) is 6.86. The fourth-order valence-electron chi connectivity index (χ4n) is 2.85. The van der Waals surface area contributed by atoms with Gasteiger partial charge in [-0.25, -0.2) is 9.97 Å². The van der Waals surface area contributed by atoms with E-state index < -0.39 is 0 Å². The number of rotatable bonds is 2. The lowest BCUT2D eigenvalue weighted by Gasteiger charge is -2.33. The zero-order valence-corrected chi connectivity index (χ0v) is 11.8. The maximum Gasteiger partial charge on any atom is 0.134 e. The van der Waals surface area contributed by atoms with Crippen LogP contribution in [0.4, 0.5) is 11.6 Å². The molecule has 1 heterocycles. The molecule has 18 heavy (non-hydrogen) atoms. The van der Waals surface area contributed by atoms with Crippen molar-refractivity contribution in [2.45, 2.75) is 53.0 Å². The molecule has 0 amide bonds. The lowest BCUT2D eigenvalue weighted by Crippen LogP contribution is -2.33. The van der Waals surface area contributed by atoms with E-state index in [0.29, 0.717) is 17.8 Å². The van der Waals surface area contributed by atoms with Crippen LogP contribution in [0.15, 0.2) is 0 Å². The number of anilines is 2. The first-order chi connectivity index (χ1) is 8.47. The molecule has 2 rings (SSSR count). The van der Waals surface area contributed by atoms with Gasteiger partial charge < -0.3 is 11.1 Å². The minimum absolute atomic E-state index is 0.508. The number of aromatic nitrogens is 2. The van der Waals surface area contributed by atoms with Gasteiger partial charge in [-0.15, -0.1) is 0 Å². The molecule has 3 unspecified atom stereocenters. The summed E-state index contributed by atoms with van der Waals surface area (Å²) < 4.78 is 0. The van der Waals surface area contributed by atoms with E-state index in [1.807, 2.05) is 13.8 Å². The molecule has 1 saturated carbocycles. The Morgan fingerprint density at radius 1 is 1.17 bits per heavy atom. The quantitative estimate of drug-likeness (QED) is 0.844. The Hall–Kier alpha value is -1.32. The van der Waals surface area contributed by atoms with Gasteiger partial charge in [-0.2, -0.15) is 0 Å². The van der Waals surface area contributed by atoms with Crippen molar-refractivity contribution in [1.29, 1.82) is 0 Å². The maximum absolute atomic E-state index is 5.89. The summed E-state index contributed by atoms with van der Waals surface area (Å²) in [7, 11) is 0. The van der Waals surface area contributed by atoms with Gasteiger partial charge in [0, 0.05) is 11.6 Å². The molecular formula is C14H24N4. The fraction of sp³-hybridized carbons (Fsp3) is 0.714. The molecule has 0 spiro atoms. The number of hydrogen-bond donors (Lipinski definition) is 2. The first-order valence-corrected chi connectivity index (χ1v) is 6.84. The van der Waals surface area contributed by atoms with Crippen LogP contribution < -0.4 is 11.1 Å². The summed E-state index contributed by atoms with van der Waals surface area (Å²) in [4.78, 5) is 8.66. The Morgan fingerprint density at radius 3 is 2.56 bits per heavy atom. The zero-order valence-electron chi connectivity index (χ0n) is 11.8. The molecule has 1 aromatic heterocycles. The molecule has 3 atom stereocenters. The van der Waals surface area contributed by atoms with E-state index in [0.717, 1.165) is 23.1 Å². The van der Waals surface area contributed by atoms with E-state index in [1.54, 1.807) is 0 Å². The molecule has 1 fully saturated rings. The van der Waals surface area contributed by atoms with Crippen LogP contribution in [-0.2, 0) is 0 Å². The summed E-state index contributed by atoms with van der Waals surface area (Å²) >= 11 is 0. The van der Waals surface area contributed by atoms with Crippen LogP contribution in [0.1, 0.15) is 44.5 Å². The molecule has 0 radical (unpaired) electrons. The van der Waals surface area contributed by atoms with Crippen molar-refractivity contribution in [3.63, 3.8) is 0 Å². The Balaban J connectivity index is 2.14. The van der Waals surface area contributed by atoms with Gasteiger partial charge in [-0.05, 0) is 44.9 Å². The van der Waals surface area contributed by atoms with Gasteiger partial charge in [0.15, 0.2) is 0 Å². The van der Waals surface area contributed by atoms with Gasteiger partial charge in [-0.1, -0.05) is 13.8 Å². The Morgan fingerprint density at radius 2 is 1.89 bits per heavy atom. The lowest BCUT2D eigenvalue weighted by atomic mass is 9.80. The van der Waals surface area contributed by atoms with Crippen molar-refractivity contribution in [3.8, 4) is 0 Å². The first kappa shape index (κ1) is 13.1. The van der Waals surface area contributed by atoms with Crippen molar-refractivity contribution in [2.75, 3.05) is 11.1 Å². The number of aryl methyl sites for hydroxylation is 1. The van der Waals surface area contributed by atoms with Crippen LogP contribution in [-0.4, -0.2) is 16.0 Å². The lowest BCUT2D eigenvalue weighted by molar-refractivity contribution is 0.276. The molecule has 0 bridgehead atoms. The zero-order chi connectivity index (χ0) is 13.3. The van der Waals surface area contributed by atoms with Crippen LogP contribution in [0, 0.1) is 25.7 Å². The highest BCUT2D eigenvalue weighted by molar-refractivity contribution is 5.55. The maximum atomic E-state index is 5.89. The summed E-state index contributed by atoms with van der Waals surface area (Å²) in [5, 5.41) is 3.57. The number of nitrogens with two attached hydrogens (primary N) is 1. The van der Waals surface area contributed by atoms with Gasteiger partial charge in [-0.3, -0.25) is 0 Å². The van der Waals surface area contributed by atoms with Crippen molar-refractivity contribution in [1.82, 2.24) is 9.97 Å². The third-order valence-electron chi connectivity index (χ3n) is 4.05. The van der Waals surface area contributed by atoms with E-state index in [-0.39, 0.29) is 0 Å². The summed E-state index contributed by atoms with van der Waals surface area (Å²) in [6, 6.07) is 0.508. The van der Waals surface area contributed by atoms with Crippen LogP contribution in [0.25, 0.3) is 0 Å². The van der Waals surface area contributed by atoms with Gasteiger partial charge in [0.25, 0.3) is 0 Å². The second kappa shape index (κ2) is 5.12. The largest absolute Gasteiger partial charge is 0.383 e. The molecule has 100 valence electrons. The predicted octanol–water partition coefficient (Wildman–Crippen LogP) is 2.91. The van der Waals surface area contributed by atoms with E-state index in [1.165, 1.54) is 19.3 Å². The molecule has 0 aromatic carbocycles. The third-order valence-corrected chi connectivity index (χ3v) is 4.05. The highest BCUT2D eigenvalue weighted by Gasteiger charge is 2.26. The molecule has 1 aliphatic carbocycles. The smallest absolute Gasteiger partial charge is 0.134 e. The average Bonchev–Trinajstić information content (AvgIpc) is 2.29. The molecular weight excluding hydrogens is 224 g/mol. The van der Waals surface area contributed by atoms with E-state index in [9.17, 15) is 0 Å². The van der Waals surface area contributed by atoms with E-state index in [2.05, 4.69) is 29.1 Å². The van der Waals surface area contributed by atoms with E-state index in [4.69, 9.17) is 5.73 Å². The molecule has 4 nitrogen and oxygen atoms in total. The second-order valence-electron chi connectivity index (χ2n) is 5.78. The highest BCUT2D eigenvalue weighted by Crippen LogP contribution is 2.31. The van der Waals surface area contributed by atoms with Gasteiger partial charge in [0.2, 0.25) is 0 Å². The molecule has 1 aromatic rings. The molecule has 3 N–H and O–H groups in total. The van der Waals surface area contributed by atoms with Crippen LogP contribution in [0.3, 0.4) is 0 Å². The van der Waals surface area contributed by atoms with Gasteiger partial charge in [0.05, 0.1) is 0 Å². The second-order valence-corrected chi connectivity index (χ2v) is 5.78.